The van der Waals surface area contributed by atoms with E-state index in [0.717, 1.165) is 24.2 Å². The number of ether oxygens (including phenoxy) is 2. The zero-order chi connectivity index (χ0) is 15.4. The molecule has 2 aromatic rings. The highest BCUT2D eigenvalue weighted by molar-refractivity contribution is 14.1. The molecule has 5 nitrogen and oxygen atoms in total. The summed E-state index contributed by atoms with van der Waals surface area (Å²) in [5.41, 5.74) is 7.93. The third-order valence-corrected chi connectivity index (χ3v) is 4.46. The van der Waals surface area contributed by atoms with Crippen LogP contribution in [0.15, 0.2) is 24.3 Å². The van der Waals surface area contributed by atoms with E-state index in [-0.39, 0.29) is 0 Å². The van der Waals surface area contributed by atoms with Crippen molar-refractivity contribution in [3.8, 4) is 17.2 Å². The monoisotopic (exact) mass is 401 g/mol. The van der Waals surface area contributed by atoms with Crippen LogP contribution in [0.2, 0.25) is 0 Å². The molecule has 0 bridgehead atoms. The summed E-state index contributed by atoms with van der Waals surface area (Å²) >= 11 is 2.40. The molecule has 0 fully saturated rings. The minimum absolute atomic E-state index is 0.364. The molecule has 2 N–H and O–H groups in total. The summed E-state index contributed by atoms with van der Waals surface area (Å²) < 4.78 is 12.7. The third kappa shape index (κ3) is 3.61. The number of benzene rings is 1. The van der Waals surface area contributed by atoms with Gasteiger partial charge in [0.25, 0.3) is 0 Å². The van der Waals surface area contributed by atoms with E-state index in [1.165, 1.54) is 0 Å². The Balaban J connectivity index is 2.42. The van der Waals surface area contributed by atoms with Crippen LogP contribution in [-0.2, 0) is 0 Å². The van der Waals surface area contributed by atoms with Gasteiger partial charge in [-0.05, 0) is 6.42 Å². The fourth-order valence-corrected chi connectivity index (χ4v) is 3.02. The topological polar surface area (TPSA) is 62.3 Å². The molecule has 1 unspecified atom stereocenters. The van der Waals surface area contributed by atoms with Gasteiger partial charge in [-0.1, -0.05) is 35.9 Å². The first-order valence-corrected chi connectivity index (χ1v) is 8.06. The minimum Gasteiger partial charge on any atom is -0.497 e. The van der Waals surface area contributed by atoms with Crippen LogP contribution in [-0.4, -0.2) is 24.0 Å². The van der Waals surface area contributed by atoms with Gasteiger partial charge in [-0.25, -0.2) is 4.68 Å². The number of aromatic nitrogens is 2. The molecule has 0 saturated heterocycles. The molecule has 114 valence electrons. The van der Waals surface area contributed by atoms with Crippen molar-refractivity contribution in [2.24, 2.45) is 0 Å². The first-order valence-electron chi connectivity index (χ1n) is 6.82. The van der Waals surface area contributed by atoms with Crippen LogP contribution in [0.5, 0.6) is 11.5 Å². The molecular formula is C15H20IN3O2. The second kappa shape index (κ2) is 7.02. The number of nitrogens with two attached hydrogens (primary N) is 1. The lowest BCUT2D eigenvalue weighted by atomic mass is 10.2. The lowest BCUT2D eigenvalue weighted by Crippen LogP contribution is -2.03. The average molecular weight is 401 g/mol. The van der Waals surface area contributed by atoms with Gasteiger partial charge in [0.15, 0.2) is 0 Å². The van der Waals surface area contributed by atoms with Crippen molar-refractivity contribution in [3.05, 3.63) is 30.0 Å². The van der Waals surface area contributed by atoms with E-state index in [9.17, 15) is 0 Å². The van der Waals surface area contributed by atoms with E-state index in [4.69, 9.17) is 15.2 Å². The lowest BCUT2D eigenvalue weighted by molar-refractivity contribution is 0.394. The summed E-state index contributed by atoms with van der Waals surface area (Å²) in [6.45, 7) is 2.17. The maximum absolute atomic E-state index is 6.11. The second-order valence-corrected chi connectivity index (χ2v) is 6.24. The molecule has 6 heteroatoms. The Bertz CT molecular complexity index is 591. The van der Waals surface area contributed by atoms with E-state index in [1.807, 2.05) is 24.3 Å². The molecule has 1 aromatic carbocycles. The summed E-state index contributed by atoms with van der Waals surface area (Å²) in [6, 6.07) is 7.52. The molecule has 0 spiro atoms. The minimum atomic E-state index is 0.364. The van der Waals surface area contributed by atoms with E-state index in [0.29, 0.717) is 21.2 Å². The SMILES string of the molecule is CCCC(I)c1cc(N)n(-c2cc(OC)cc(OC)c2)n1. The standard InChI is InChI=1S/C15H20IN3O2/c1-4-5-13(16)14-9-15(17)19(18-14)10-6-11(20-2)8-12(7-10)21-3/h6-9,13H,4-5,17H2,1-3H3. The highest BCUT2D eigenvalue weighted by atomic mass is 127. The molecule has 1 atom stereocenters. The Morgan fingerprint density at radius 3 is 2.33 bits per heavy atom. The highest BCUT2D eigenvalue weighted by Crippen LogP contribution is 2.31. The zero-order valence-electron chi connectivity index (χ0n) is 12.5. The predicted octanol–water partition coefficient (Wildman–Crippen LogP) is 3.75. The number of hydrogen-bond acceptors (Lipinski definition) is 4. The quantitative estimate of drug-likeness (QED) is 0.592. The molecule has 0 saturated carbocycles. The Hall–Kier alpha value is -1.44. The van der Waals surface area contributed by atoms with E-state index in [1.54, 1.807) is 18.9 Å². The largest absolute Gasteiger partial charge is 0.497 e. The van der Waals surface area contributed by atoms with Gasteiger partial charge in [0.05, 0.1) is 29.5 Å². The summed E-state index contributed by atoms with van der Waals surface area (Å²) in [4.78, 5) is 0. The maximum atomic E-state index is 6.11. The zero-order valence-corrected chi connectivity index (χ0v) is 14.6. The van der Waals surface area contributed by atoms with Crippen LogP contribution >= 0.6 is 22.6 Å². The van der Waals surface area contributed by atoms with Crippen molar-refractivity contribution < 1.29 is 9.47 Å². The van der Waals surface area contributed by atoms with Gasteiger partial charge in [-0.15, -0.1) is 0 Å². The van der Waals surface area contributed by atoms with E-state index in [2.05, 4.69) is 34.6 Å². The normalized spacial score (nSPS) is 12.2. The Kier molecular flexibility index (Phi) is 5.33. The van der Waals surface area contributed by atoms with Gasteiger partial charge >= 0.3 is 0 Å². The highest BCUT2D eigenvalue weighted by Gasteiger charge is 2.15. The van der Waals surface area contributed by atoms with E-state index < -0.39 is 0 Å². The van der Waals surface area contributed by atoms with Gasteiger partial charge in [-0.2, -0.15) is 5.10 Å². The summed E-state index contributed by atoms with van der Waals surface area (Å²) in [6.07, 6.45) is 2.20. The first kappa shape index (κ1) is 15.9. The Labute approximate surface area is 138 Å². The molecule has 0 radical (unpaired) electrons. The molecular weight excluding hydrogens is 381 g/mol. The van der Waals surface area contributed by atoms with Crippen LogP contribution in [0.1, 0.15) is 29.4 Å². The fraction of sp³-hybridized carbons (Fsp3) is 0.400. The number of hydrogen-bond donors (Lipinski definition) is 1. The van der Waals surface area contributed by atoms with Gasteiger partial charge in [0, 0.05) is 24.3 Å². The Morgan fingerprint density at radius 1 is 1.19 bits per heavy atom. The molecule has 21 heavy (non-hydrogen) atoms. The smallest absolute Gasteiger partial charge is 0.127 e. The van der Waals surface area contributed by atoms with Crippen LogP contribution in [0.25, 0.3) is 5.69 Å². The van der Waals surface area contributed by atoms with Crippen LogP contribution in [0.4, 0.5) is 5.82 Å². The Morgan fingerprint density at radius 2 is 1.81 bits per heavy atom. The molecule has 0 amide bonds. The van der Waals surface area contributed by atoms with Crippen LogP contribution < -0.4 is 15.2 Å². The van der Waals surface area contributed by atoms with Crippen LogP contribution in [0, 0.1) is 0 Å². The molecule has 0 aliphatic rings. The van der Waals surface area contributed by atoms with Gasteiger partial charge < -0.3 is 15.2 Å². The van der Waals surface area contributed by atoms with Crippen molar-refractivity contribution in [2.45, 2.75) is 23.7 Å². The molecule has 2 rings (SSSR count). The maximum Gasteiger partial charge on any atom is 0.127 e. The second-order valence-electron chi connectivity index (χ2n) is 4.73. The first-order chi connectivity index (χ1) is 10.1. The number of alkyl halides is 1. The molecule has 0 aliphatic heterocycles. The van der Waals surface area contributed by atoms with Crippen molar-refractivity contribution in [3.63, 3.8) is 0 Å². The lowest BCUT2D eigenvalue weighted by Gasteiger charge is -2.10. The number of methoxy groups -OCH3 is 2. The summed E-state index contributed by atoms with van der Waals surface area (Å²) in [5, 5.41) is 4.62. The number of anilines is 1. The number of nitrogen functional groups attached to an aromatic ring is 1. The van der Waals surface area contributed by atoms with Crippen molar-refractivity contribution in [1.29, 1.82) is 0 Å². The van der Waals surface area contributed by atoms with Crippen molar-refractivity contribution >= 4 is 28.4 Å². The van der Waals surface area contributed by atoms with Gasteiger partial charge in [0.2, 0.25) is 0 Å². The molecule has 1 heterocycles. The average Bonchev–Trinajstić information content (AvgIpc) is 2.89. The summed E-state index contributed by atoms with van der Waals surface area (Å²) in [7, 11) is 3.25. The predicted molar refractivity (Wildman–Crippen MR) is 92.7 cm³/mol. The third-order valence-electron chi connectivity index (χ3n) is 3.20. The van der Waals surface area contributed by atoms with E-state index >= 15 is 0 Å². The molecule has 1 aromatic heterocycles. The fourth-order valence-electron chi connectivity index (χ4n) is 2.09. The number of halogens is 1. The van der Waals surface area contributed by atoms with Gasteiger partial charge in [-0.3, -0.25) is 0 Å². The summed E-state index contributed by atoms with van der Waals surface area (Å²) in [5.74, 6) is 2.03. The van der Waals surface area contributed by atoms with Gasteiger partial charge in [0.1, 0.15) is 17.3 Å². The van der Waals surface area contributed by atoms with Crippen molar-refractivity contribution in [1.82, 2.24) is 9.78 Å². The van der Waals surface area contributed by atoms with Crippen LogP contribution in [0.3, 0.4) is 0 Å². The van der Waals surface area contributed by atoms with Crippen molar-refractivity contribution in [2.75, 3.05) is 20.0 Å². The number of nitrogens with zero attached hydrogens (tertiary/aromatic N) is 2. The molecule has 0 aliphatic carbocycles. The number of rotatable bonds is 6.